The van der Waals surface area contributed by atoms with Crippen LogP contribution in [-0.4, -0.2) is 12.5 Å². The van der Waals surface area contributed by atoms with Gasteiger partial charge in [0.25, 0.3) is 0 Å². The molecular formula is C12H15Cl2FN2O. The van der Waals surface area contributed by atoms with Crippen molar-refractivity contribution in [3.8, 4) is 0 Å². The summed E-state index contributed by atoms with van der Waals surface area (Å²) in [5, 5.41) is 3.56. The number of primary amides is 1. The summed E-state index contributed by atoms with van der Waals surface area (Å²) in [7, 11) is 0. The summed E-state index contributed by atoms with van der Waals surface area (Å²) in [5.74, 6) is -0.840. The van der Waals surface area contributed by atoms with E-state index in [2.05, 4.69) is 5.32 Å². The van der Waals surface area contributed by atoms with Crippen molar-refractivity contribution >= 4 is 29.1 Å². The summed E-state index contributed by atoms with van der Waals surface area (Å²) >= 11 is 11.9. The highest BCUT2D eigenvalue weighted by Gasteiger charge is 2.16. The van der Waals surface area contributed by atoms with E-state index in [0.717, 1.165) is 0 Å². The molecule has 0 spiro atoms. The van der Waals surface area contributed by atoms with Crippen molar-refractivity contribution in [3.05, 3.63) is 33.6 Å². The van der Waals surface area contributed by atoms with Crippen LogP contribution in [0.2, 0.25) is 10.0 Å². The molecule has 18 heavy (non-hydrogen) atoms. The quantitative estimate of drug-likeness (QED) is 0.625. The Morgan fingerprint density at radius 2 is 2.17 bits per heavy atom. The van der Waals surface area contributed by atoms with Gasteiger partial charge in [-0.25, -0.2) is 4.39 Å². The molecule has 1 amide bonds. The number of benzene rings is 1. The lowest BCUT2D eigenvalue weighted by Crippen LogP contribution is -2.22. The van der Waals surface area contributed by atoms with Gasteiger partial charge in [0, 0.05) is 23.0 Å². The molecule has 0 aliphatic carbocycles. The fourth-order valence-electron chi connectivity index (χ4n) is 1.62. The Morgan fingerprint density at radius 3 is 2.78 bits per heavy atom. The molecule has 100 valence electrons. The summed E-state index contributed by atoms with van der Waals surface area (Å²) in [5.41, 5.74) is 5.56. The van der Waals surface area contributed by atoms with Crippen LogP contribution in [0.3, 0.4) is 0 Å². The van der Waals surface area contributed by atoms with E-state index in [9.17, 15) is 9.18 Å². The van der Waals surface area contributed by atoms with Crippen molar-refractivity contribution < 1.29 is 9.18 Å². The van der Waals surface area contributed by atoms with Gasteiger partial charge in [-0.3, -0.25) is 4.79 Å². The zero-order valence-electron chi connectivity index (χ0n) is 9.97. The van der Waals surface area contributed by atoms with Gasteiger partial charge in [-0.05, 0) is 32.0 Å². The maximum absolute atomic E-state index is 13.3. The monoisotopic (exact) mass is 292 g/mol. The Hall–Kier alpha value is -0.840. The van der Waals surface area contributed by atoms with Crippen molar-refractivity contribution in [3.63, 3.8) is 0 Å². The van der Waals surface area contributed by atoms with Crippen LogP contribution in [-0.2, 0) is 4.79 Å². The maximum Gasteiger partial charge on any atom is 0.217 e. The predicted octanol–water partition coefficient (Wildman–Crippen LogP) is 3.05. The molecule has 0 bridgehead atoms. The number of hydrogen-bond acceptors (Lipinski definition) is 2. The molecule has 0 aliphatic heterocycles. The summed E-state index contributed by atoms with van der Waals surface area (Å²) < 4.78 is 13.3. The van der Waals surface area contributed by atoms with Crippen molar-refractivity contribution in [1.29, 1.82) is 0 Å². The van der Waals surface area contributed by atoms with Crippen LogP contribution in [0.1, 0.15) is 31.4 Å². The van der Waals surface area contributed by atoms with E-state index in [1.54, 1.807) is 0 Å². The van der Waals surface area contributed by atoms with Gasteiger partial charge in [0.1, 0.15) is 5.82 Å². The minimum atomic E-state index is -0.498. The maximum atomic E-state index is 13.3. The normalized spacial score (nSPS) is 12.4. The average Bonchev–Trinajstić information content (AvgIpc) is 2.30. The Balaban J connectivity index is 2.64. The molecule has 0 fully saturated rings. The Morgan fingerprint density at radius 1 is 1.50 bits per heavy atom. The summed E-state index contributed by atoms with van der Waals surface area (Å²) in [6.45, 7) is 2.41. The van der Waals surface area contributed by atoms with E-state index in [0.29, 0.717) is 30.0 Å². The topological polar surface area (TPSA) is 55.1 Å². The zero-order chi connectivity index (χ0) is 13.7. The fraction of sp³-hybridized carbons (Fsp3) is 0.417. The van der Waals surface area contributed by atoms with E-state index in [-0.39, 0.29) is 17.0 Å². The molecule has 0 saturated heterocycles. The van der Waals surface area contributed by atoms with Crippen LogP contribution >= 0.6 is 23.2 Å². The number of rotatable bonds is 6. The second-order valence-corrected chi connectivity index (χ2v) is 4.79. The Bertz CT molecular complexity index is 440. The molecule has 0 aromatic heterocycles. The molecular weight excluding hydrogens is 278 g/mol. The van der Waals surface area contributed by atoms with Crippen LogP contribution in [0.25, 0.3) is 0 Å². The van der Waals surface area contributed by atoms with Gasteiger partial charge in [-0.15, -0.1) is 0 Å². The van der Waals surface area contributed by atoms with Crippen molar-refractivity contribution in [2.75, 3.05) is 6.54 Å². The highest BCUT2D eigenvalue weighted by molar-refractivity contribution is 6.36. The van der Waals surface area contributed by atoms with Gasteiger partial charge in [0.05, 0.1) is 5.02 Å². The molecule has 0 radical (unpaired) electrons. The van der Waals surface area contributed by atoms with Gasteiger partial charge in [0.15, 0.2) is 0 Å². The third kappa shape index (κ3) is 4.12. The molecule has 6 heteroatoms. The highest BCUT2D eigenvalue weighted by atomic mass is 35.5. The molecule has 1 aromatic carbocycles. The van der Waals surface area contributed by atoms with Gasteiger partial charge >= 0.3 is 0 Å². The van der Waals surface area contributed by atoms with Crippen LogP contribution in [0.4, 0.5) is 4.39 Å². The Labute approximate surface area is 115 Å². The lowest BCUT2D eigenvalue weighted by atomic mass is 10.1. The average molecular weight is 293 g/mol. The molecule has 0 heterocycles. The fourth-order valence-corrected chi connectivity index (χ4v) is 2.32. The third-order valence-electron chi connectivity index (χ3n) is 2.56. The van der Waals surface area contributed by atoms with Crippen LogP contribution in [0, 0.1) is 5.82 Å². The van der Waals surface area contributed by atoms with Gasteiger partial charge < -0.3 is 11.1 Å². The van der Waals surface area contributed by atoms with E-state index in [4.69, 9.17) is 28.9 Å². The van der Waals surface area contributed by atoms with Crippen molar-refractivity contribution in [1.82, 2.24) is 5.32 Å². The van der Waals surface area contributed by atoms with Gasteiger partial charge in [-0.1, -0.05) is 23.2 Å². The number of carbonyl (C=O) groups is 1. The smallest absolute Gasteiger partial charge is 0.217 e. The lowest BCUT2D eigenvalue weighted by molar-refractivity contribution is -0.118. The number of carbonyl (C=O) groups excluding carboxylic acids is 1. The molecule has 0 aliphatic rings. The van der Waals surface area contributed by atoms with E-state index < -0.39 is 5.82 Å². The number of hydrogen-bond donors (Lipinski definition) is 2. The standard InChI is InChI=1S/C12H15Cl2FN2O/c1-7(17-6-2-3-10(16)18)11-8(13)4-5-9(15)12(11)14/h4-5,7,17H,2-3,6H2,1H3,(H2,16,18). The van der Waals surface area contributed by atoms with E-state index in [1.165, 1.54) is 12.1 Å². The second kappa shape index (κ2) is 6.92. The molecule has 1 unspecified atom stereocenters. The highest BCUT2D eigenvalue weighted by Crippen LogP contribution is 2.32. The molecule has 3 nitrogen and oxygen atoms in total. The van der Waals surface area contributed by atoms with Gasteiger partial charge in [-0.2, -0.15) is 0 Å². The third-order valence-corrected chi connectivity index (χ3v) is 3.28. The summed E-state index contributed by atoms with van der Waals surface area (Å²) in [4.78, 5) is 10.6. The number of amides is 1. The first-order chi connectivity index (χ1) is 8.43. The van der Waals surface area contributed by atoms with Crippen LogP contribution < -0.4 is 11.1 Å². The van der Waals surface area contributed by atoms with Crippen molar-refractivity contribution in [2.24, 2.45) is 5.73 Å². The molecule has 1 atom stereocenters. The molecule has 1 aromatic rings. The second-order valence-electron chi connectivity index (χ2n) is 4.00. The molecule has 1 rings (SSSR count). The Kier molecular flexibility index (Phi) is 5.85. The SMILES string of the molecule is CC(NCCCC(N)=O)c1c(Cl)ccc(F)c1Cl. The van der Waals surface area contributed by atoms with E-state index in [1.807, 2.05) is 6.92 Å². The summed E-state index contributed by atoms with van der Waals surface area (Å²) in [6, 6.07) is 2.50. The number of nitrogens with one attached hydrogen (secondary N) is 1. The number of nitrogens with two attached hydrogens (primary N) is 1. The summed E-state index contributed by atoms with van der Waals surface area (Å²) in [6.07, 6.45) is 0.925. The first-order valence-electron chi connectivity index (χ1n) is 5.58. The predicted molar refractivity (Wildman–Crippen MR) is 71.3 cm³/mol. The van der Waals surface area contributed by atoms with Crippen molar-refractivity contribution in [2.45, 2.75) is 25.8 Å². The van der Waals surface area contributed by atoms with E-state index >= 15 is 0 Å². The van der Waals surface area contributed by atoms with Crippen LogP contribution in [0.5, 0.6) is 0 Å². The molecule has 3 N–H and O–H groups in total. The van der Waals surface area contributed by atoms with Gasteiger partial charge in [0.2, 0.25) is 5.91 Å². The lowest BCUT2D eigenvalue weighted by Gasteiger charge is -2.17. The molecule has 0 saturated carbocycles. The zero-order valence-corrected chi connectivity index (χ0v) is 11.5. The van der Waals surface area contributed by atoms with Crippen LogP contribution in [0.15, 0.2) is 12.1 Å². The minimum Gasteiger partial charge on any atom is -0.370 e. The first-order valence-corrected chi connectivity index (χ1v) is 6.34. The number of halogens is 3. The first kappa shape index (κ1) is 15.2. The minimum absolute atomic E-state index is 0.0254. The largest absolute Gasteiger partial charge is 0.370 e.